The second kappa shape index (κ2) is 8.61. The molecule has 1 fully saturated rings. The van der Waals surface area contributed by atoms with E-state index in [0.29, 0.717) is 22.8 Å². The van der Waals surface area contributed by atoms with Gasteiger partial charge in [0.1, 0.15) is 6.33 Å². The van der Waals surface area contributed by atoms with Crippen molar-refractivity contribution in [3.63, 3.8) is 0 Å². The van der Waals surface area contributed by atoms with Crippen LogP contribution in [0.25, 0.3) is 11.4 Å². The fraction of sp³-hybridized carbons (Fsp3) is 0.333. The summed E-state index contributed by atoms with van der Waals surface area (Å²) in [4.78, 5) is 29.3. The van der Waals surface area contributed by atoms with Crippen LogP contribution in [0.15, 0.2) is 30.6 Å². The first-order valence-electron chi connectivity index (χ1n) is 11.4. The summed E-state index contributed by atoms with van der Waals surface area (Å²) in [6, 6.07) is 6.62. The molecule has 3 N–H and O–H groups in total. The summed E-state index contributed by atoms with van der Waals surface area (Å²) in [5.74, 6) is -0.0497. The van der Waals surface area contributed by atoms with Crippen molar-refractivity contribution >= 4 is 29.0 Å². The monoisotopic (exact) mass is 439 g/mol. The molecular weight excluding hydrogens is 412 g/mol. The zero-order chi connectivity index (χ0) is 25.3. The molecule has 3 aromatic rings. The van der Waals surface area contributed by atoms with Gasteiger partial charge in [-0.2, -0.15) is 5.10 Å². The normalized spacial score (nSPS) is 18.7. The van der Waals surface area contributed by atoms with Gasteiger partial charge in [0.15, 0.2) is 23.1 Å². The molecule has 2 heterocycles. The number of hydrogen-bond donors (Lipinski definition) is 3. The summed E-state index contributed by atoms with van der Waals surface area (Å²) >= 11 is 0. The van der Waals surface area contributed by atoms with Gasteiger partial charge >= 0.3 is 0 Å². The number of nitrogens with one attached hydrogen (secondary N) is 3. The third-order valence-electron chi connectivity index (χ3n) is 5.15. The fourth-order valence-electron chi connectivity index (χ4n) is 3.32. The van der Waals surface area contributed by atoms with Crippen LogP contribution in [0, 0.1) is 11.8 Å². The van der Waals surface area contributed by atoms with Gasteiger partial charge in [-0.3, -0.25) is 14.3 Å². The Balaban J connectivity index is 1.71. The quantitative estimate of drug-likeness (QED) is 0.508. The Hall–Kier alpha value is -4.02. The first-order chi connectivity index (χ1) is 16.6. The number of carbonyl (C=O) groups excluding carboxylic acids is 2. The number of carbonyl (C=O) groups is 2. The number of ether oxygens (including phenoxy) is 1. The molecule has 2 atom stereocenters. The lowest BCUT2D eigenvalue weighted by atomic mass is 10.1. The van der Waals surface area contributed by atoms with Gasteiger partial charge in [0.05, 0.1) is 24.0 Å². The molecule has 0 aliphatic heterocycles. The Morgan fingerprint density at radius 2 is 2.09 bits per heavy atom. The number of nitrogens with zero attached hydrogens (tertiary/aromatic N) is 5. The topological polar surface area (TPSA) is 136 Å². The van der Waals surface area contributed by atoms with E-state index in [1.807, 2.05) is 12.2 Å². The Morgan fingerprint density at radius 1 is 1.28 bits per heavy atom. The molecule has 32 heavy (non-hydrogen) atoms. The fourth-order valence-corrected chi connectivity index (χ4v) is 3.32. The summed E-state index contributed by atoms with van der Waals surface area (Å²) in [7, 11) is 3.21. The van der Waals surface area contributed by atoms with Crippen molar-refractivity contribution in [1.29, 1.82) is 0 Å². The molecule has 1 aromatic carbocycles. The first kappa shape index (κ1) is 17.6. The molecule has 0 unspecified atom stereocenters. The van der Waals surface area contributed by atoms with Crippen LogP contribution in [0.5, 0.6) is 5.75 Å². The Kier molecular flexibility index (Phi) is 4.75. The van der Waals surface area contributed by atoms with E-state index in [0.717, 1.165) is 6.42 Å². The summed E-state index contributed by atoms with van der Waals surface area (Å²) in [6.07, 6.45) is 2.34. The minimum absolute atomic E-state index is 0.102. The molecule has 1 aliphatic rings. The van der Waals surface area contributed by atoms with Crippen molar-refractivity contribution in [3.05, 3.63) is 36.3 Å². The molecule has 1 saturated carbocycles. The van der Waals surface area contributed by atoms with Crippen LogP contribution in [-0.2, 0) is 11.8 Å². The third-order valence-corrected chi connectivity index (χ3v) is 5.15. The maximum Gasteiger partial charge on any atom is 0.273 e. The lowest BCUT2D eigenvalue weighted by Crippen LogP contribution is -2.22. The molecule has 2 amide bonds. The average Bonchev–Trinajstić information content (AvgIpc) is 3.36. The number of rotatable bonds is 7. The smallest absolute Gasteiger partial charge is 0.273 e. The van der Waals surface area contributed by atoms with Crippen LogP contribution >= 0.6 is 0 Å². The SMILES string of the molecule is [2H]C([2H])([2H])NC(=O)c1nnc(NC(=O)[C@H]2C[C@H]2C)cc1Nc1cccc(-c2ncn(C)n2)c1OC. The molecule has 4 rings (SSSR count). The van der Waals surface area contributed by atoms with E-state index >= 15 is 0 Å². The first-order valence-corrected chi connectivity index (χ1v) is 9.87. The lowest BCUT2D eigenvalue weighted by molar-refractivity contribution is -0.117. The number of para-hydroxylation sites is 1. The highest BCUT2D eigenvalue weighted by atomic mass is 16.5. The van der Waals surface area contributed by atoms with Crippen LogP contribution < -0.4 is 20.7 Å². The van der Waals surface area contributed by atoms with Crippen molar-refractivity contribution < 1.29 is 18.4 Å². The van der Waals surface area contributed by atoms with E-state index in [4.69, 9.17) is 8.85 Å². The highest BCUT2D eigenvalue weighted by Crippen LogP contribution is 2.39. The molecule has 0 radical (unpaired) electrons. The van der Waals surface area contributed by atoms with E-state index in [-0.39, 0.29) is 34.9 Å². The van der Waals surface area contributed by atoms with Gasteiger partial charge in [-0.15, -0.1) is 10.2 Å². The van der Waals surface area contributed by atoms with Gasteiger partial charge in [0.2, 0.25) is 5.91 Å². The predicted octanol–water partition coefficient (Wildman–Crippen LogP) is 1.98. The maximum absolute atomic E-state index is 12.7. The minimum Gasteiger partial charge on any atom is -0.494 e. The number of aromatic nitrogens is 5. The van der Waals surface area contributed by atoms with Gasteiger partial charge in [-0.05, 0) is 24.5 Å². The van der Waals surface area contributed by atoms with Gasteiger partial charge in [-0.1, -0.05) is 13.0 Å². The van der Waals surface area contributed by atoms with Gasteiger partial charge < -0.3 is 20.7 Å². The summed E-state index contributed by atoms with van der Waals surface area (Å²) in [5.41, 5.74) is 0.860. The largest absolute Gasteiger partial charge is 0.494 e. The van der Waals surface area contributed by atoms with E-state index in [2.05, 4.69) is 30.9 Å². The maximum atomic E-state index is 12.7. The average molecular weight is 439 g/mol. The second-order valence-electron chi connectivity index (χ2n) is 7.51. The number of methoxy groups -OCH3 is 1. The predicted molar refractivity (Wildman–Crippen MR) is 118 cm³/mol. The van der Waals surface area contributed by atoms with Crippen LogP contribution in [-0.4, -0.2) is 50.9 Å². The Bertz CT molecular complexity index is 1280. The molecule has 1 aliphatic carbocycles. The minimum atomic E-state index is -2.73. The zero-order valence-corrected chi connectivity index (χ0v) is 17.7. The summed E-state index contributed by atoms with van der Waals surface area (Å²) < 4.78 is 29.2. The van der Waals surface area contributed by atoms with E-state index in [9.17, 15) is 9.59 Å². The number of benzene rings is 1. The molecule has 11 heteroatoms. The zero-order valence-electron chi connectivity index (χ0n) is 20.7. The van der Waals surface area contributed by atoms with Crippen molar-refractivity contribution in [2.45, 2.75) is 13.3 Å². The van der Waals surface area contributed by atoms with E-state index < -0.39 is 12.9 Å². The van der Waals surface area contributed by atoms with Crippen LogP contribution in [0.2, 0.25) is 0 Å². The van der Waals surface area contributed by atoms with Crippen LogP contribution in [0.3, 0.4) is 0 Å². The Morgan fingerprint density at radius 3 is 2.75 bits per heavy atom. The van der Waals surface area contributed by atoms with Gasteiger partial charge in [-0.25, -0.2) is 4.98 Å². The summed E-state index contributed by atoms with van der Waals surface area (Å²) in [6.45, 7) is -0.756. The van der Waals surface area contributed by atoms with Crippen molar-refractivity contribution in [1.82, 2.24) is 30.3 Å². The van der Waals surface area contributed by atoms with E-state index in [1.54, 1.807) is 36.3 Å². The standard InChI is InChI=1S/C21H24N8O3/c1-11-8-13(11)20(30)25-16-9-15(17(27-26-16)21(31)22-2)24-14-7-5-6-12(18(14)32-4)19-23-10-29(3)28-19/h5-7,9-11,13H,8H2,1-4H3,(H,22,31)(H2,24,25,26,30)/t11-,13+/m1/s1/i2D3. The molecular formula is C21H24N8O3. The Labute approximate surface area is 188 Å². The van der Waals surface area contributed by atoms with E-state index in [1.165, 1.54) is 13.2 Å². The lowest BCUT2D eigenvalue weighted by Gasteiger charge is -2.16. The third kappa shape index (κ3) is 4.22. The van der Waals surface area contributed by atoms with Crippen molar-refractivity contribution in [2.75, 3.05) is 24.7 Å². The van der Waals surface area contributed by atoms with Crippen LogP contribution in [0.1, 0.15) is 27.9 Å². The molecule has 166 valence electrons. The van der Waals surface area contributed by atoms with Gasteiger partial charge in [0.25, 0.3) is 5.91 Å². The molecule has 0 saturated heterocycles. The number of hydrogen-bond acceptors (Lipinski definition) is 8. The molecule has 2 aromatic heterocycles. The molecule has 0 bridgehead atoms. The number of anilines is 3. The highest BCUT2D eigenvalue weighted by molar-refractivity contribution is 6.00. The van der Waals surface area contributed by atoms with Crippen molar-refractivity contribution in [2.24, 2.45) is 18.9 Å². The number of aryl methyl sites for hydroxylation is 1. The molecule has 11 nitrogen and oxygen atoms in total. The molecule has 0 spiro atoms. The van der Waals surface area contributed by atoms with Crippen LogP contribution in [0.4, 0.5) is 17.2 Å². The van der Waals surface area contributed by atoms with Gasteiger partial charge in [0, 0.05) is 30.1 Å². The number of amides is 2. The van der Waals surface area contributed by atoms with Crippen molar-refractivity contribution in [3.8, 4) is 17.1 Å². The second-order valence-corrected chi connectivity index (χ2v) is 7.51. The highest BCUT2D eigenvalue weighted by Gasteiger charge is 2.39. The summed E-state index contributed by atoms with van der Waals surface area (Å²) in [5, 5.41) is 19.7.